The number of thiocarbonyl (C=S) groups is 1. The van der Waals surface area contributed by atoms with Crippen LogP contribution in [0.2, 0.25) is 0 Å². The van der Waals surface area contributed by atoms with Gasteiger partial charge < -0.3 is 10.1 Å². The van der Waals surface area contributed by atoms with Gasteiger partial charge in [-0.15, -0.1) is 0 Å². The molecule has 0 aliphatic carbocycles. The normalized spacial score (nSPS) is 10.3. The lowest BCUT2D eigenvalue weighted by molar-refractivity contribution is -0.116. The number of hydrogen-bond donors (Lipinski definition) is 4. The fourth-order valence-electron chi connectivity index (χ4n) is 2.69. The molecule has 2 aromatic rings. The Balaban J connectivity index is 1.81. The molecule has 8 nitrogen and oxygen atoms in total. The molecular formula is C24H30N4O4S. The van der Waals surface area contributed by atoms with Crippen molar-refractivity contribution in [3.05, 3.63) is 59.7 Å². The third kappa shape index (κ3) is 9.28. The highest BCUT2D eigenvalue weighted by Gasteiger charge is 2.11. The van der Waals surface area contributed by atoms with Crippen molar-refractivity contribution < 1.29 is 19.1 Å². The second kappa shape index (κ2) is 13.2. The molecule has 0 saturated carbocycles. The fourth-order valence-corrected chi connectivity index (χ4v) is 2.83. The van der Waals surface area contributed by atoms with Gasteiger partial charge in [-0.3, -0.25) is 30.6 Å². The Hall–Kier alpha value is -3.46. The number of rotatable bonds is 9. The molecule has 4 N–H and O–H groups in total. The molecule has 0 radical (unpaired) electrons. The van der Waals surface area contributed by atoms with Crippen LogP contribution in [0.25, 0.3) is 0 Å². The molecule has 9 heteroatoms. The summed E-state index contributed by atoms with van der Waals surface area (Å²) in [6, 6.07) is 13.2. The summed E-state index contributed by atoms with van der Waals surface area (Å²) >= 11 is 5.09. The van der Waals surface area contributed by atoms with Gasteiger partial charge in [0, 0.05) is 23.2 Å². The molecule has 0 bridgehead atoms. The van der Waals surface area contributed by atoms with Crippen LogP contribution in [-0.2, 0) is 4.79 Å². The molecule has 0 aliphatic rings. The van der Waals surface area contributed by atoms with E-state index < -0.39 is 11.8 Å². The molecule has 2 aromatic carbocycles. The zero-order valence-electron chi connectivity index (χ0n) is 19.1. The Morgan fingerprint density at radius 2 is 1.70 bits per heavy atom. The van der Waals surface area contributed by atoms with Crippen molar-refractivity contribution in [3.8, 4) is 5.75 Å². The molecule has 0 spiro atoms. The van der Waals surface area contributed by atoms with Crippen molar-refractivity contribution in [2.75, 3.05) is 11.9 Å². The van der Waals surface area contributed by atoms with Gasteiger partial charge in [0.1, 0.15) is 5.75 Å². The summed E-state index contributed by atoms with van der Waals surface area (Å²) in [5, 5.41) is 5.21. The molecular weight excluding hydrogens is 440 g/mol. The maximum Gasteiger partial charge on any atom is 0.269 e. The highest BCUT2D eigenvalue weighted by Crippen LogP contribution is 2.14. The molecule has 0 aromatic heterocycles. The molecule has 0 fully saturated rings. The van der Waals surface area contributed by atoms with Gasteiger partial charge in [-0.25, -0.2) is 0 Å². The van der Waals surface area contributed by atoms with Crippen LogP contribution in [0.4, 0.5) is 5.69 Å². The first-order valence-electron chi connectivity index (χ1n) is 10.8. The van der Waals surface area contributed by atoms with E-state index in [9.17, 15) is 14.4 Å². The predicted octanol–water partition coefficient (Wildman–Crippen LogP) is 3.80. The standard InChI is InChI=1S/C24H30N4O4S/c1-4-6-21(29)25-19-11-9-17(10-12-19)23(31)27-28-24(33)26-22(30)18-7-5-8-20(15-18)32-14-13-16(2)3/h5,7-12,15-16H,4,6,13-14H2,1-3H3,(H,25,29)(H,27,31)(H2,26,28,30,33). The lowest BCUT2D eigenvalue weighted by atomic mass is 10.1. The second-order valence-corrected chi connectivity index (χ2v) is 8.20. The fraction of sp³-hybridized carbons (Fsp3) is 0.333. The van der Waals surface area contributed by atoms with E-state index in [2.05, 4.69) is 35.3 Å². The number of amides is 3. The van der Waals surface area contributed by atoms with Crippen molar-refractivity contribution in [1.82, 2.24) is 16.2 Å². The van der Waals surface area contributed by atoms with Gasteiger partial charge in [-0.1, -0.05) is 26.8 Å². The van der Waals surface area contributed by atoms with Crippen molar-refractivity contribution in [1.29, 1.82) is 0 Å². The number of carbonyl (C=O) groups excluding carboxylic acids is 3. The Kier molecular flexibility index (Phi) is 10.3. The summed E-state index contributed by atoms with van der Waals surface area (Å²) in [5.41, 5.74) is 6.28. The zero-order chi connectivity index (χ0) is 24.2. The number of ether oxygens (including phenoxy) is 1. The summed E-state index contributed by atoms with van der Waals surface area (Å²) in [6.07, 6.45) is 2.11. The molecule has 0 unspecified atom stereocenters. The Labute approximate surface area is 199 Å². The molecule has 176 valence electrons. The monoisotopic (exact) mass is 470 g/mol. The maximum absolute atomic E-state index is 12.4. The van der Waals surface area contributed by atoms with Gasteiger partial charge >= 0.3 is 0 Å². The summed E-state index contributed by atoms with van der Waals surface area (Å²) in [7, 11) is 0. The molecule has 0 saturated heterocycles. The highest BCUT2D eigenvalue weighted by atomic mass is 32.1. The van der Waals surface area contributed by atoms with E-state index in [1.165, 1.54) is 0 Å². The molecule has 0 heterocycles. The quantitative estimate of drug-likeness (QED) is 0.328. The third-order valence-electron chi connectivity index (χ3n) is 4.48. The topological polar surface area (TPSA) is 109 Å². The van der Waals surface area contributed by atoms with Crippen molar-refractivity contribution in [3.63, 3.8) is 0 Å². The third-order valence-corrected chi connectivity index (χ3v) is 4.69. The molecule has 3 amide bonds. The van der Waals surface area contributed by atoms with Gasteiger partial charge in [0.2, 0.25) is 5.91 Å². The van der Waals surface area contributed by atoms with E-state index in [-0.39, 0.29) is 11.0 Å². The van der Waals surface area contributed by atoms with Gasteiger partial charge in [-0.2, -0.15) is 0 Å². The smallest absolute Gasteiger partial charge is 0.269 e. The second-order valence-electron chi connectivity index (χ2n) is 7.80. The number of nitrogens with one attached hydrogen (secondary N) is 4. The van der Waals surface area contributed by atoms with Gasteiger partial charge in [0.05, 0.1) is 6.61 Å². The van der Waals surface area contributed by atoms with E-state index in [0.717, 1.165) is 12.8 Å². The Morgan fingerprint density at radius 3 is 2.36 bits per heavy atom. The Bertz CT molecular complexity index is 977. The average Bonchev–Trinajstić information content (AvgIpc) is 2.78. The Morgan fingerprint density at radius 1 is 0.970 bits per heavy atom. The number of carbonyl (C=O) groups is 3. The van der Waals surface area contributed by atoms with Gasteiger partial charge in [0.25, 0.3) is 11.8 Å². The van der Waals surface area contributed by atoms with Crippen LogP contribution in [-0.4, -0.2) is 29.4 Å². The number of benzene rings is 2. The summed E-state index contributed by atoms with van der Waals surface area (Å²) < 4.78 is 5.67. The van der Waals surface area contributed by atoms with Crippen LogP contribution in [0.1, 0.15) is 60.7 Å². The summed E-state index contributed by atoms with van der Waals surface area (Å²) in [5.74, 6) is 0.177. The van der Waals surface area contributed by atoms with Crippen LogP contribution in [0.15, 0.2) is 48.5 Å². The van der Waals surface area contributed by atoms with Crippen LogP contribution in [0.5, 0.6) is 5.75 Å². The van der Waals surface area contributed by atoms with Crippen LogP contribution in [0.3, 0.4) is 0 Å². The number of hydrogen-bond acceptors (Lipinski definition) is 5. The SMILES string of the molecule is CCCC(=O)Nc1ccc(C(=O)NNC(=S)NC(=O)c2cccc(OCCC(C)C)c2)cc1. The minimum atomic E-state index is -0.446. The zero-order valence-corrected chi connectivity index (χ0v) is 19.9. The molecule has 0 atom stereocenters. The summed E-state index contributed by atoms with van der Waals surface area (Å²) in [4.78, 5) is 36.4. The first kappa shape index (κ1) is 25.8. The highest BCUT2D eigenvalue weighted by molar-refractivity contribution is 7.80. The van der Waals surface area contributed by atoms with Crippen molar-refractivity contribution in [2.24, 2.45) is 5.92 Å². The van der Waals surface area contributed by atoms with Crippen LogP contribution < -0.4 is 26.2 Å². The minimum absolute atomic E-state index is 0.0528. The maximum atomic E-state index is 12.4. The average molecular weight is 471 g/mol. The largest absolute Gasteiger partial charge is 0.494 e. The van der Waals surface area contributed by atoms with E-state index in [4.69, 9.17) is 17.0 Å². The van der Waals surface area contributed by atoms with Crippen LogP contribution in [0, 0.1) is 5.92 Å². The molecule has 33 heavy (non-hydrogen) atoms. The lowest BCUT2D eigenvalue weighted by Crippen LogP contribution is -2.48. The van der Waals surface area contributed by atoms with Gasteiger partial charge in [-0.05, 0) is 73.4 Å². The molecule has 0 aliphatic heterocycles. The van der Waals surface area contributed by atoms with E-state index >= 15 is 0 Å². The van der Waals surface area contributed by atoms with Gasteiger partial charge in [0.15, 0.2) is 5.11 Å². The van der Waals surface area contributed by atoms with Crippen LogP contribution >= 0.6 is 12.2 Å². The summed E-state index contributed by atoms with van der Waals surface area (Å²) in [6.45, 7) is 6.72. The van der Waals surface area contributed by atoms with E-state index in [0.29, 0.717) is 41.5 Å². The first-order valence-corrected chi connectivity index (χ1v) is 11.2. The van der Waals surface area contributed by atoms with Crippen molar-refractivity contribution in [2.45, 2.75) is 40.0 Å². The van der Waals surface area contributed by atoms with E-state index in [1.807, 2.05) is 6.92 Å². The number of hydrazine groups is 1. The lowest BCUT2D eigenvalue weighted by Gasteiger charge is -2.12. The van der Waals surface area contributed by atoms with E-state index in [1.54, 1.807) is 48.5 Å². The molecule has 2 rings (SSSR count). The van der Waals surface area contributed by atoms with Crippen molar-refractivity contribution >= 4 is 40.7 Å². The first-order chi connectivity index (χ1) is 15.8. The minimum Gasteiger partial charge on any atom is -0.494 e. The predicted molar refractivity (Wildman–Crippen MR) is 132 cm³/mol. The number of anilines is 1.